The molecule has 0 aliphatic carbocycles. The van der Waals surface area contributed by atoms with Crippen molar-refractivity contribution in [2.45, 2.75) is 6.92 Å². The Hall–Kier alpha value is -1.99. The molecule has 0 atom stereocenters. The van der Waals surface area contributed by atoms with Crippen LogP contribution >= 0.6 is 0 Å². The summed E-state index contributed by atoms with van der Waals surface area (Å²) in [5.74, 6) is 1.95. The molecule has 27 heavy (non-hydrogen) atoms. The lowest BCUT2D eigenvalue weighted by Crippen LogP contribution is -2.52. The van der Waals surface area contributed by atoms with Gasteiger partial charge in [0.1, 0.15) is 5.75 Å². The van der Waals surface area contributed by atoms with Crippen LogP contribution in [0.2, 0.25) is 0 Å². The Morgan fingerprint density at radius 1 is 1.15 bits per heavy atom. The summed E-state index contributed by atoms with van der Waals surface area (Å²) >= 11 is 0. The van der Waals surface area contributed by atoms with Gasteiger partial charge >= 0.3 is 0 Å². The van der Waals surface area contributed by atoms with Crippen LogP contribution in [-0.4, -0.2) is 95.0 Å². The molecule has 2 saturated heterocycles. The molecule has 0 radical (unpaired) electrons. The van der Waals surface area contributed by atoms with Crippen LogP contribution in [0.3, 0.4) is 0 Å². The van der Waals surface area contributed by atoms with Crippen molar-refractivity contribution in [3.63, 3.8) is 0 Å². The Bertz CT molecular complexity index is 596. The monoisotopic (exact) mass is 375 g/mol. The van der Waals surface area contributed by atoms with E-state index in [-0.39, 0.29) is 0 Å². The molecule has 150 valence electrons. The third-order valence-electron chi connectivity index (χ3n) is 5.11. The van der Waals surface area contributed by atoms with Gasteiger partial charge in [-0.15, -0.1) is 0 Å². The van der Waals surface area contributed by atoms with Crippen molar-refractivity contribution in [3.05, 3.63) is 24.3 Å². The Balaban J connectivity index is 1.52. The van der Waals surface area contributed by atoms with Crippen LogP contribution in [0, 0.1) is 0 Å². The Morgan fingerprint density at radius 3 is 2.63 bits per heavy atom. The zero-order chi connectivity index (χ0) is 18.9. The predicted octanol–water partition coefficient (Wildman–Crippen LogP) is 1.11. The summed E-state index contributed by atoms with van der Waals surface area (Å²) in [5, 5.41) is 3.46. The van der Waals surface area contributed by atoms with E-state index in [2.05, 4.69) is 45.1 Å². The van der Waals surface area contributed by atoms with E-state index in [0.29, 0.717) is 0 Å². The maximum atomic E-state index is 5.41. The number of nitrogens with zero attached hydrogens (tertiary/aromatic N) is 4. The molecule has 1 aromatic carbocycles. The molecule has 2 heterocycles. The van der Waals surface area contributed by atoms with Crippen LogP contribution < -0.4 is 15.0 Å². The molecule has 0 amide bonds. The van der Waals surface area contributed by atoms with E-state index in [1.54, 1.807) is 7.11 Å². The first-order valence-electron chi connectivity index (χ1n) is 10.0. The van der Waals surface area contributed by atoms with Crippen LogP contribution in [0.15, 0.2) is 29.3 Å². The van der Waals surface area contributed by atoms with Gasteiger partial charge in [0.15, 0.2) is 5.96 Å². The number of nitrogens with one attached hydrogen (secondary N) is 1. The molecule has 3 rings (SSSR count). The molecule has 0 aromatic heterocycles. The minimum atomic E-state index is 0.832. The SMILES string of the molecule is CCNC(=NCCN1CCOCC1)N1CCN(c2cccc(OC)c2)CC1. The van der Waals surface area contributed by atoms with Gasteiger partial charge in [-0.3, -0.25) is 9.89 Å². The van der Waals surface area contributed by atoms with Gasteiger partial charge in [0.2, 0.25) is 0 Å². The summed E-state index contributed by atoms with van der Waals surface area (Å²) in [5.41, 5.74) is 1.23. The highest BCUT2D eigenvalue weighted by Crippen LogP contribution is 2.22. The second-order valence-corrected chi connectivity index (χ2v) is 6.87. The van der Waals surface area contributed by atoms with E-state index in [1.807, 2.05) is 6.07 Å². The standard InChI is InChI=1S/C20H33N5O2/c1-3-21-20(22-7-8-23-13-15-27-16-14-23)25-11-9-24(10-12-25)18-5-4-6-19(17-18)26-2/h4-6,17H,3,7-16H2,1-2H3,(H,21,22). The lowest BCUT2D eigenvalue weighted by molar-refractivity contribution is 0.0394. The number of hydrogen-bond acceptors (Lipinski definition) is 5. The van der Waals surface area contributed by atoms with Crippen LogP contribution in [0.4, 0.5) is 5.69 Å². The minimum Gasteiger partial charge on any atom is -0.497 e. The second kappa shape index (κ2) is 10.4. The number of aliphatic imine (C=N–C) groups is 1. The molecule has 0 spiro atoms. The quantitative estimate of drug-likeness (QED) is 0.594. The smallest absolute Gasteiger partial charge is 0.194 e. The van der Waals surface area contributed by atoms with Crippen LogP contribution in [0.5, 0.6) is 5.75 Å². The van der Waals surface area contributed by atoms with E-state index < -0.39 is 0 Å². The topological polar surface area (TPSA) is 52.6 Å². The third kappa shape index (κ3) is 5.74. The van der Waals surface area contributed by atoms with Crippen LogP contribution in [0.1, 0.15) is 6.92 Å². The molecule has 1 N–H and O–H groups in total. The number of hydrogen-bond donors (Lipinski definition) is 1. The molecule has 7 heteroatoms. The van der Waals surface area contributed by atoms with Gasteiger partial charge in [0, 0.05) is 64.1 Å². The Labute approximate surface area is 162 Å². The maximum Gasteiger partial charge on any atom is 0.194 e. The lowest BCUT2D eigenvalue weighted by atomic mass is 10.2. The fourth-order valence-electron chi connectivity index (χ4n) is 3.53. The fourth-order valence-corrected chi connectivity index (χ4v) is 3.53. The van der Waals surface area contributed by atoms with E-state index in [9.17, 15) is 0 Å². The fraction of sp³-hybridized carbons (Fsp3) is 0.650. The molecular formula is C20H33N5O2. The number of rotatable bonds is 6. The van der Waals surface area contributed by atoms with Crippen molar-refractivity contribution in [2.24, 2.45) is 4.99 Å². The summed E-state index contributed by atoms with van der Waals surface area (Å²) < 4.78 is 10.8. The van der Waals surface area contributed by atoms with Crippen molar-refractivity contribution in [1.82, 2.24) is 15.1 Å². The van der Waals surface area contributed by atoms with Crippen molar-refractivity contribution in [1.29, 1.82) is 0 Å². The number of morpholine rings is 1. The Morgan fingerprint density at radius 2 is 1.93 bits per heavy atom. The first-order valence-corrected chi connectivity index (χ1v) is 10.0. The van der Waals surface area contributed by atoms with Gasteiger partial charge in [-0.1, -0.05) is 6.07 Å². The summed E-state index contributed by atoms with van der Waals surface area (Å²) in [4.78, 5) is 12.1. The molecule has 1 aromatic rings. The molecule has 2 aliphatic heterocycles. The normalized spacial score (nSPS) is 19.3. The van der Waals surface area contributed by atoms with Gasteiger partial charge in [0.25, 0.3) is 0 Å². The van der Waals surface area contributed by atoms with Crippen LogP contribution in [-0.2, 0) is 4.74 Å². The molecule has 2 aliphatic rings. The summed E-state index contributed by atoms with van der Waals surface area (Å²) in [6.45, 7) is 12.5. The maximum absolute atomic E-state index is 5.41. The zero-order valence-electron chi connectivity index (χ0n) is 16.7. The largest absolute Gasteiger partial charge is 0.497 e. The van der Waals surface area contributed by atoms with Gasteiger partial charge in [-0.25, -0.2) is 0 Å². The summed E-state index contributed by atoms with van der Waals surface area (Å²) in [6.07, 6.45) is 0. The highest BCUT2D eigenvalue weighted by Gasteiger charge is 2.20. The molecular weight excluding hydrogens is 342 g/mol. The predicted molar refractivity (Wildman–Crippen MR) is 110 cm³/mol. The first-order chi connectivity index (χ1) is 13.3. The van der Waals surface area contributed by atoms with Gasteiger partial charge in [0.05, 0.1) is 26.9 Å². The zero-order valence-corrected chi connectivity index (χ0v) is 16.7. The van der Waals surface area contributed by atoms with E-state index >= 15 is 0 Å². The van der Waals surface area contributed by atoms with Gasteiger partial charge in [-0.05, 0) is 19.1 Å². The number of piperazine rings is 1. The third-order valence-corrected chi connectivity index (χ3v) is 5.11. The number of anilines is 1. The van der Waals surface area contributed by atoms with Crippen LogP contribution in [0.25, 0.3) is 0 Å². The van der Waals surface area contributed by atoms with Crippen molar-refractivity contribution in [3.8, 4) is 5.75 Å². The number of methoxy groups -OCH3 is 1. The number of guanidine groups is 1. The highest BCUT2D eigenvalue weighted by atomic mass is 16.5. The average molecular weight is 376 g/mol. The van der Waals surface area contributed by atoms with Gasteiger partial charge < -0.3 is 24.6 Å². The first kappa shape index (κ1) is 19.8. The Kier molecular flexibility index (Phi) is 7.59. The number of ether oxygens (including phenoxy) is 2. The average Bonchev–Trinajstić information content (AvgIpc) is 2.74. The minimum absolute atomic E-state index is 0.832. The molecule has 0 unspecified atom stereocenters. The number of benzene rings is 1. The molecule has 7 nitrogen and oxygen atoms in total. The van der Waals surface area contributed by atoms with E-state index in [1.165, 1.54) is 5.69 Å². The van der Waals surface area contributed by atoms with Crippen molar-refractivity contribution in [2.75, 3.05) is 84.1 Å². The molecule has 0 saturated carbocycles. The lowest BCUT2D eigenvalue weighted by Gasteiger charge is -2.38. The molecule has 0 bridgehead atoms. The van der Waals surface area contributed by atoms with Crippen molar-refractivity contribution >= 4 is 11.6 Å². The summed E-state index contributed by atoms with van der Waals surface area (Å²) in [6, 6.07) is 8.30. The summed E-state index contributed by atoms with van der Waals surface area (Å²) in [7, 11) is 1.72. The highest BCUT2D eigenvalue weighted by molar-refractivity contribution is 5.80. The molecule has 2 fully saturated rings. The van der Waals surface area contributed by atoms with E-state index in [0.717, 1.165) is 83.8 Å². The van der Waals surface area contributed by atoms with Crippen molar-refractivity contribution < 1.29 is 9.47 Å². The second-order valence-electron chi connectivity index (χ2n) is 6.87. The van der Waals surface area contributed by atoms with Gasteiger partial charge in [-0.2, -0.15) is 0 Å². The van der Waals surface area contributed by atoms with E-state index in [4.69, 9.17) is 14.5 Å².